The molecule has 1 spiro atoms. The highest BCUT2D eigenvalue weighted by Gasteiger charge is 2.47. The van der Waals surface area contributed by atoms with Gasteiger partial charge in [-0.1, -0.05) is 18.1 Å². The van der Waals surface area contributed by atoms with Gasteiger partial charge in [0.05, 0.1) is 11.3 Å². The number of fused-ring (bicyclic) bond motifs is 6. The molecular formula is C29H30N4O2. The summed E-state index contributed by atoms with van der Waals surface area (Å²) >= 11 is 0. The van der Waals surface area contributed by atoms with E-state index in [0.29, 0.717) is 13.2 Å². The third-order valence-corrected chi connectivity index (χ3v) is 7.77. The van der Waals surface area contributed by atoms with Crippen molar-refractivity contribution in [3.05, 3.63) is 63.8 Å². The predicted octanol–water partition coefficient (Wildman–Crippen LogP) is 3.64. The van der Waals surface area contributed by atoms with Gasteiger partial charge < -0.3 is 19.9 Å². The van der Waals surface area contributed by atoms with Gasteiger partial charge in [0.2, 0.25) is 0 Å². The van der Waals surface area contributed by atoms with Gasteiger partial charge in [0.1, 0.15) is 0 Å². The van der Waals surface area contributed by atoms with Gasteiger partial charge in [0.25, 0.3) is 0 Å². The highest BCUT2D eigenvalue weighted by molar-refractivity contribution is 6.20. The van der Waals surface area contributed by atoms with Gasteiger partial charge >= 0.3 is 0 Å². The van der Waals surface area contributed by atoms with Crippen LogP contribution in [0.15, 0.2) is 35.3 Å². The van der Waals surface area contributed by atoms with Crippen molar-refractivity contribution in [3.63, 3.8) is 0 Å². The van der Waals surface area contributed by atoms with Crippen molar-refractivity contribution in [2.45, 2.75) is 25.2 Å². The lowest BCUT2D eigenvalue weighted by Crippen LogP contribution is -2.44. The van der Waals surface area contributed by atoms with Crippen LogP contribution in [0.5, 0.6) is 0 Å². The number of benzene rings is 2. The van der Waals surface area contributed by atoms with E-state index in [1.54, 1.807) is 7.05 Å². The van der Waals surface area contributed by atoms with E-state index < -0.39 is 0 Å². The zero-order valence-electron chi connectivity index (χ0n) is 20.3. The summed E-state index contributed by atoms with van der Waals surface area (Å²) in [6.07, 6.45) is 3.53. The number of aromatic amines is 1. The Balaban J connectivity index is 1.62. The molecule has 2 N–H and O–H groups in total. The summed E-state index contributed by atoms with van der Waals surface area (Å²) in [5.41, 5.74) is 7.55. The quantitative estimate of drug-likeness (QED) is 0.447. The zero-order chi connectivity index (χ0) is 24.0. The van der Waals surface area contributed by atoms with E-state index >= 15 is 0 Å². The number of anilines is 1. The SMILES string of the molecule is CC#Cc1cc2c(cc1N1CCNCC1)C1(CCOCC1)c1[nH]c3cc(/C=N/C)ccc3c1C2=O. The number of piperazine rings is 1. The second kappa shape index (κ2) is 8.67. The lowest BCUT2D eigenvalue weighted by atomic mass is 9.64. The van der Waals surface area contributed by atoms with Crippen LogP contribution >= 0.6 is 0 Å². The first-order chi connectivity index (χ1) is 17.2. The first kappa shape index (κ1) is 22.1. The van der Waals surface area contributed by atoms with Gasteiger partial charge in [-0.05, 0) is 49.1 Å². The average molecular weight is 467 g/mol. The molecule has 1 aliphatic carbocycles. The van der Waals surface area contributed by atoms with E-state index in [0.717, 1.165) is 89.1 Å². The van der Waals surface area contributed by atoms with E-state index in [2.05, 4.69) is 56.3 Å². The lowest BCUT2D eigenvalue weighted by molar-refractivity contribution is 0.0602. The molecule has 6 heteroatoms. The second-order valence-corrected chi connectivity index (χ2v) is 9.62. The molecule has 0 radical (unpaired) electrons. The number of carbonyl (C=O) groups is 1. The largest absolute Gasteiger partial charge is 0.381 e. The number of H-pyrrole nitrogens is 1. The highest BCUT2D eigenvalue weighted by Crippen LogP contribution is 2.50. The van der Waals surface area contributed by atoms with Gasteiger partial charge in [0.15, 0.2) is 5.78 Å². The summed E-state index contributed by atoms with van der Waals surface area (Å²) in [5.74, 6) is 6.46. The van der Waals surface area contributed by atoms with Crippen LogP contribution < -0.4 is 10.2 Å². The first-order valence-corrected chi connectivity index (χ1v) is 12.4. The summed E-state index contributed by atoms with van der Waals surface area (Å²) in [7, 11) is 1.77. The number of aliphatic imine (C=N–C) groups is 1. The molecule has 0 unspecified atom stereocenters. The van der Waals surface area contributed by atoms with E-state index in [9.17, 15) is 4.79 Å². The number of nitrogens with one attached hydrogen (secondary N) is 2. The van der Waals surface area contributed by atoms with E-state index in [1.165, 1.54) is 0 Å². The van der Waals surface area contributed by atoms with E-state index in [4.69, 9.17) is 4.74 Å². The van der Waals surface area contributed by atoms with Crippen LogP contribution in [-0.4, -0.2) is 63.4 Å². The summed E-state index contributed by atoms with van der Waals surface area (Å²) in [4.78, 5) is 24.4. The van der Waals surface area contributed by atoms with Crippen LogP contribution in [-0.2, 0) is 10.2 Å². The maximum Gasteiger partial charge on any atom is 0.195 e. The molecule has 3 aliphatic rings. The summed E-state index contributed by atoms with van der Waals surface area (Å²) in [6.45, 7) is 6.97. The van der Waals surface area contributed by atoms with Crippen LogP contribution in [0.4, 0.5) is 5.69 Å². The van der Waals surface area contributed by atoms with Gasteiger partial charge in [-0.3, -0.25) is 9.79 Å². The number of hydrogen-bond acceptors (Lipinski definition) is 5. The summed E-state index contributed by atoms with van der Waals surface area (Å²) in [6, 6.07) is 10.5. The van der Waals surface area contributed by atoms with Crippen molar-refractivity contribution in [2.24, 2.45) is 4.99 Å². The Hall–Kier alpha value is -3.40. The fourth-order valence-corrected chi connectivity index (χ4v) is 6.12. The Morgan fingerprint density at radius 3 is 2.69 bits per heavy atom. The normalized spacial score (nSPS) is 19.0. The number of nitrogens with zero attached hydrogens (tertiary/aromatic N) is 2. The molecule has 3 heterocycles. The van der Waals surface area contributed by atoms with Crippen LogP contribution in [0, 0.1) is 11.8 Å². The van der Waals surface area contributed by atoms with Crippen molar-refractivity contribution >= 4 is 28.6 Å². The third kappa shape index (κ3) is 3.42. The maximum atomic E-state index is 14.1. The molecule has 2 aliphatic heterocycles. The topological polar surface area (TPSA) is 69.7 Å². The van der Waals surface area contributed by atoms with Crippen LogP contribution in [0.2, 0.25) is 0 Å². The Labute approximate surface area is 205 Å². The molecule has 0 amide bonds. The minimum Gasteiger partial charge on any atom is -0.381 e. The van der Waals surface area contributed by atoms with Crippen molar-refractivity contribution in [1.29, 1.82) is 0 Å². The molecule has 2 saturated heterocycles. The minimum atomic E-state index is -0.282. The Morgan fingerprint density at radius 2 is 1.94 bits per heavy atom. The Morgan fingerprint density at radius 1 is 1.14 bits per heavy atom. The van der Waals surface area contributed by atoms with Crippen LogP contribution in [0.3, 0.4) is 0 Å². The van der Waals surface area contributed by atoms with Gasteiger partial charge in [0, 0.05) is 85.8 Å². The standard InChI is InChI=1S/C29H30N4O2/c1-3-4-20-16-22-23(17-25(20)33-11-9-31-10-12-33)29(7-13-35-14-8-29)28-26(27(22)34)21-6-5-19(18-30-2)15-24(21)32-28/h5-6,15-18,31-32H,7-14H2,1-2H3/b30-18+. The van der Waals surface area contributed by atoms with Crippen LogP contribution in [0.25, 0.3) is 10.9 Å². The Bertz CT molecular complexity index is 1410. The number of aromatic nitrogens is 1. The maximum absolute atomic E-state index is 14.1. The van der Waals surface area contributed by atoms with Gasteiger partial charge in [-0.25, -0.2) is 0 Å². The molecular weight excluding hydrogens is 436 g/mol. The monoisotopic (exact) mass is 466 g/mol. The number of ether oxygens (including phenoxy) is 1. The van der Waals surface area contributed by atoms with Gasteiger partial charge in [-0.15, -0.1) is 5.92 Å². The van der Waals surface area contributed by atoms with Crippen molar-refractivity contribution in [1.82, 2.24) is 10.3 Å². The fourth-order valence-electron chi connectivity index (χ4n) is 6.12. The Kier molecular flexibility index (Phi) is 5.47. The lowest BCUT2D eigenvalue weighted by Gasteiger charge is -2.42. The number of ketones is 1. The molecule has 0 saturated carbocycles. The molecule has 3 aromatic rings. The fraction of sp³-hybridized carbons (Fsp3) is 0.379. The van der Waals surface area contributed by atoms with Crippen molar-refractivity contribution in [3.8, 4) is 11.8 Å². The molecule has 35 heavy (non-hydrogen) atoms. The summed E-state index contributed by atoms with van der Waals surface area (Å²) in [5, 5.41) is 4.42. The van der Waals surface area contributed by atoms with E-state index in [-0.39, 0.29) is 11.2 Å². The average Bonchev–Trinajstić information content (AvgIpc) is 3.28. The van der Waals surface area contributed by atoms with Gasteiger partial charge in [-0.2, -0.15) is 0 Å². The molecule has 2 fully saturated rings. The first-order valence-electron chi connectivity index (χ1n) is 12.4. The minimum absolute atomic E-state index is 0.0845. The summed E-state index contributed by atoms with van der Waals surface area (Å²) < 4.78 is 5.83. The number of hydrogen-bond donors (Lipinski definition) is 2. The van der Waals surface area contributed by atoms with E-state index in [1.807, 2.05) is 19.2 Å². The zero-order valence-corrected chi connectivity index (χ0v) is 20.3. The molecule has 6 nitrogen and oxygen atoms in total. The molecule has 0 bridgehead atoms. The molecule has 2 aromatic carbocycles. The van der Waals surface area contributed by atoms with Crippen molar-refractivity contribution in [2.75, 3.05) is 51.3 Å². The number of rotatable bonds is 2. The smallest absolute Gasteiger partial charge is 0.195 e. The second-order valence-electron chi connectivity index (χ2n) is 9.62. The molecule has 6 rings (SSSR count). The number of carbonyl (C=O) groups excluding carboxylic acids is 1. The van der Waals surface area contributed by atoms with Crippen LogP contribution in [0.1, 0.15) is 58.1 Å². The molecule has 1 aromatic heterocycles. The highest BCUT2D eigenvalue weighted by atomic mass is 16.5. The molecule has 0 atom stereocenters. The third-order valence-electron chi connectivity index (χ3n) is 7.77. The molecule has 178 valence electrons. The van der Waals surface area contributed by atoms with Crippen molar-refractivity contribution < 1.29 is 9.53 Å². The predicted molar refractivity (Wildman–Crippen MR) is 140 cm³/mol.